The number of carbonyl (C=O) groups excluding carboxylic acids is 2. The second-order valence-electron chi connectivity index (χ2n) is 9.31. The number of aliphatic hydroxyl groups excluding tert-OH is 1. The fourth-order valence-corrected chi connectivity index (χ4v) is 8.96. The minimum Gasteiger partial charge on any atom is -0.495 e. The van der Waals surface area contributed by atoms with Gasteiger partial charge >= 0.3 is 0 Å². The molecule has 2 aromatic carbocycles. The maximum absolute atomic E-state index is 13.8. The first-order valence-corrected chi connectivity index (χ1v) is 17.1. The summed E-state index contributed by atoms with van der Waals surface area (Å²) >= 11 is 0. The van der Waals surface area contributed by atoms with Crippen LogP contribution < -0.4 is 24.8 Å². The number of ether oxygens (including phenoxy) is 2. The van der Waals surface area contributed by atoms with Crippen molar-refractivity contribution in [3.05, 3.63) is 36.4 Å². The molecule has 1 aliphatic heterocycles. The standard InChI is InChI=1S/C24H32N4O11S3/c1-15(29)26-19-11-17(5-7-23(19)38-3)41(34,35)25-9-10-28(21-13-40(32,33)14-22(21)31)42(36,37)18-6-8-24(39-4)20(12-18)27-16(2)30/h5-8,11-12,21-22,25,31H,9-10,13-14H2,1-4H3,(H,26,29)(H,27,30)/t21-,22+/m1/s1. The largest absolute Gasteiger partial charge is 0.495 e. The van der Waals surface area contributed by atoms with Crippen LogP contribution in [0.2, 0.25) is 0 Å². The molecule has 18 heteroatoms. The Morgan fingerprint density at radius 2 is 1.40 bits per heavy atom. The Morgan fingerprint density at radius 1 is 0.905 bits per heavy atom. The van der Waals surface area contributed by atoms with Gasteiger partial charge in [-0.25, -0.2) is 30.0 Å². The van der Waals surface area contributed by atoms with Crippen LogP contribution in [-0.4, -0.2) is 97.4 Å². The van der Waals surface area contributed by atoms with Crippen LogP contribution in [0.1, 0.15) is 13.8 Å². The van der Waals surface area contributed by atoms with E-state index in [1.54, 1.807) is 0 Å². The normalized spacial score (nSPS) is 18.4. The molecule has 232 valence electrons. The van der Waals surface area contributed by atoms with E-state index < -0.39 is 78.4 Å². The first-order chi connectivity index (χ1) is 19.5. The van der Waals surface area contributed by atoms with E-state index in [0.717, 1.165) is 16.4 Å². The third kappa shape index (κ3) is 7.75. The number of hydrogen-bond donors (Lipinski definition) is 4. The van der Waals surface area contributed by atoms with Gasteiger partial charge in [0.15, 0.2) is 9.84 Å². The molecule has 0 radical (unpaired) electrons. The molecule has 0 aliphatic carbocycles. The molecule has 2 amide bonds. The van der Waals surface area contributed by atoms with Crippen molar-refractivity contribution in [2.75, 3.05) is 49.4 Å². The fraction of sp³-hybridized carbons (Fsp3) is 0.417. The van der Waals surface area contributed by atoms with Gasteiger partial charge in [0, 0.05) is 26.9 Å². The van der Waals surface area contributed by atoms with Gasteiger partial charge in [0.2, 0.25) is 31.9 Å². The summed E-state index contributed by atoms with van der Waals surface area (Å²) in [5.41, 5.74) is 0.117. The molecule has 1 fully saturated rings. The molecule has 1 saturated heterocycles. The minimum absolute atomic E-state index is 0.0285. The molecule has 0 saturated carbocycles. The molecule has 42 heavy (non-hydrogen) atoms. The van der Waals surface area contributed by atoms with Crippen LogP contribution in [0.5, 0.6) is 11.5 Å². The number of benzene rings is 2. The Labute approximate surface area is 244 Å². The predicted molar refractivity (Wildman–Crippen MR) is 152 cm³/mol. The van der Waals surface area contributed by atoms with Crippen molar-refractivity contribution in [3.63, 3.8) is 0 Å². The van der Waals surface area contributed by atoms with Crippen LogP contribution in [0.4, 0.5) is 11.4 Å². The summed E-state index contributed by atoms with van der Waals surface area (Å²) in [7, 11) is -9.97. The summed E-state index contributed by atoms with van der Waals surface area (Å²) < 4.78 is 91.5. The number of methoxy groups -OCH3 is 2. The first-order valence-electron chi connectivity index (χ1n) is 12.3. The second kappa shape index (κ2) is 12.9. The van der Waals surface area contributed by atoms with Crippen LogP contribution in [0.3, 0.4) is 0 Å². The van der Waals surface area contributed by atoms with Gasteiger partial charge in [0.25, 0.3) is 0 Å². The Hall–Kier alpha value is -3.29. The third-order valence-electron chi connectivity index (χ3n) is 6.17. The molecule has 3 rings (SSSR count). The highest BCUT2D eigenvalue weighted by molar-refractivity contribution is 7.92. The summed E-state index contributed by atoms with van der Waals surface area (Å²) in [5.74, 6) is -1.98. The van der Waals surface area contributed by atoms with Crippen LogP contribution in [0, 0.1) is 0 Å². The summed E-state index contributed by atoms with van der Waals surface area (Å²) in [4.78, 5) is 22.5. The molecule has 0 aromatic heterocycles. The third-order valence-corrected chi connectivity index (χ3v) is 11.2. The maximum atomic E-state index is 13.8. The Morgan fingerprint density at radius 3 is 1.86 bits per heavy atom. The molecular formula is C24H32N4O11S3. The lowest BCUT2D eigenvalue weighted by Crippen LogP contribution is -2.49. The molecule has 2 aromatic rings. The highest BCUT2D eigenvalue weighted by atomic mass is 32.2. The molecule has 1 heterocycles. The molecule has 15 nitrogen and oxygen atoms in total. The quantitative estimate of drug-likeness (QED) is 0.235. The molecule has 0 unspecified atom stereocenters. The number of rotatable bonds is 12. The van der Waals surface area contributed by atoms with E-state index in [2.05, 4.69) is 15.4 Å². The highest BCUT2D eigenvalue weighted by Crippen LogP contribution is 2.32. The van der Waals surface area contributed by atoms with Gasteiger partial charge in [-0.05, 0) is 36.4 Å². The van der Waals surface area contributed by atoms with E-state index in [1.165, 1.54) is 52.3 Å². The van der Waals surface area contributed by atoms with Gasteiger partial charge < -0.3 is 25.2 Å². The number of anilines is 2. The molecule has 1 aliphatic rings. The van der Waals surface area contributed by atoms with Crippen molar-refractivity contribution in [1.82, 2.24) is 9.03 Å². The Kier molecular flexibility index (Phi) is 10.2. The smallest absolute Gasteiger partial charge is 0.243 e. The van der Waals surface area contributed by atoms with Crippen molar-refractivity contribution in [1.29, 1.82) is 0 Å². The predicted octanol–water partition coefficient (Wildman–Crippen LogP) is -0.252. The monoisotopic (exact) mass is 648 g/mol. The average Bonchev–Trinajstić information content (AvgIpc) is 3.16. The number of nitrogens with zero attached hydrogens (tertiary/aromatic N) is 1. The lowest BCUT2D eigenvalue weighted by atomic mass is 10.2. The summed E-state index contributed by atoms with van der Waals surface area (Å²) in [6, 6.07) is 5.87. The lowest BCUT2D eigenvalue weighted by Gasteiger charge is -2.29. The van der Waals surface area contributed by atoms with Crippen LogP contribution in [-0.2, 0) is 39.5 Å². The number of sulfone groups is 1. The van der Waals surface area contributed by atoms with Crippen LogP contribution >= 0.6 is 0 Å². The number of hydrogen-bond acceptors (Lipinski definition) is 11. The lowest BCUT2D eigenvalue weighted by molar-refractivity contribution is -0.115. The van der Waals surface area contributed by atoms with Crippen molar-refractivity contribution < 1.29 is 49.4 Å². The van der Waals surface area contributed by atoms with E-state index in [0.29, 0.717) is 0 Å². The number of aliphatic hydroxyl groups is 1. The Balaban J connectivity index is 1.94. The average molecular weight is 649 g/mol. The van der Waals surface area contributed by atoms with Gasteiger partial charge in [-0.15, -0.1) is 0 Å². The first kappa shape index (κ1) is 33.2. The van der Waals surface area contributed by atoms with Gasteiger partial charge in [0.05, 0.1) is 59.0 Å². The summed E-state index contributed by atoms with van der Waals surface area (Å²) in [6.07, 6.45) is -1.57. The summed E-state index contributed by atoms with van der Waals surface area (Å²) in [5, 5.41) is 15.4. The van der Waals surface area contributed by atoms with E-state index in [1.807, 2.05) is 0 Å². The van der Waals surface area contributed by atoms with E-state index >= 15 is 0 Å². The SMILES string of the molecule is COc1ccc(S(=O)(=O)NCCN([C@@H]2CS(=O)(=O)C[C@@H]2O)S(=O)(=O)c2ccc(OC)c(NC(C)=O)c2)cc1NC(C)=O. The number of nitrogens with one attached hydrogen (secondary N) is 3. The zero-order valence-corrected chi connectivity index (χ0v) is 25.6. The van der Waals surface area contributed by atoms with Gasteiger partial charge in [-0.3, -0.25) is 9.59 Å². The maximum Gasteiger partial charge on any atom is 0.243 e. The van der Waals surface area contributed by atoms with Crippen molar-refractivity contribution in [2.45, 2.75) is 35.8 Å². The zero-order chi connectivity index (χ0) is 31.5. The van der Waals surface area contributed by atoms with Crippen LogP contribution in [0.25, 0.3) is 0 Å². The topological polar surface area (TPSA) is 215 Å². The van der Waals surface area contributed by atoms with Crippen molar-refractivity contribution in [2.24, 2.45) is 0 Å². The van der Waals surface area contributed by atoms with Crippen molar-refractivity contribution in [3.8, 4) is 11.5 Å². The van der Waals surface area contributed by atoms with Gasteiger partial charge in [-0.1, -0.05) is 0 Å². The summed E-state index contributed by atoms with van der Waals surface area (Å²) in [6.45, 7) is 1.37. The number of amides is 2. The molecule has 0 bridgehead atoms. The molecule has 4 N–H and O–H groups in total. The minimum atomic E-state index is -4.56. The highest BCUT2D eigenvalue weighted by Gasteiger charge is 2.44. The van der Waals surface area contributed by atoms with Crippen LogP contribution in [0.15, 0.2) is 46.2 Å². The molecule has 0 spiro atoms. The number of carbonyl (C=O) groups is 2. The molecular weight excluding hydrogens is 616 g/mol. The second-order valence-corrected chi connectivity index (χ2v) is 15.1. The zero-order valence-electron chi connectivity index (χ0n) is 23.1. The Bertz CT molecular complexity index is 1680. The van der Waals surface area contributed by atoms with Crippen molar-refractivity contribution >= 4 is 53.1 Å². The molecule has 2 atom stereocenters. The number of sulfonamides is 2. The van der Waals surface area contributed by atoms with Gasteiger partial charge in [0.1, 0.15) is 11.5 Å². The van der Waals surface area contributed by atoms with E-state index in [4.69, 9.17) is 9.47 Å². The van der Waals surface area contributed by atoms with Gasteiger partial charge in [-0.2, -0.15) is 4.31 Å². The van der Waals surface area contributed by atoms with E-state index in [9.17, 15) is 39.9 Å². The fourth-order valence-electron chi connectivity index (χ4n) is 4.34. The van der Waals surface area contributed by atoms with E-state index in [-0.39, 0.29) is 32.7 Å².